The van der Waals surface area contributed by atoms with Gasteiger partial charge in [-0.3, -0.25) is 0 Å². The zero-order valence-corrected chi connectivity index (χ0v) is 12.0. The first-order valence-corrected chi connectivity index (χ1v) is 7.23. The number of carbonyl (C=O) groups is 1. The normalized spacial score (nSPS) is 17.7. The van der Waals surface area contributed by atoms with Gasteiger partial charge in [0, 0.05) is 6.61 Å². The van der Waals surface area contributed by atoms with E-state index in [0.717, 1.165) is 24.0 Å². The third-order valence-corrected chi connectivity index (χ3v) is 3.65. The lowest BCUT2D eigenvalue weighted by atomic mass is 10.0. The molecule has 1 saturated heterocycles. The molecular weight excluding hydrogens is 264 g/mol. The first-order valence-electron chi connectivity index (χ1n) is 7.23. The monoisotopic (exact) mass is 282 g/mol. The van der Waals surface area contributed by atoms with Gasteiger partial charge in [-0.15, -0.1) is 0 Å². The molecular formula is C18H18O3. The molecule has 2 aromatic rings. The third kappa shape index (κ3) is 3.31. The minimum absolute atomic E-state index is 0.296. The zero-order valence-electron chi connectivity index (χ0n) is 12.0. The SMILES string of the molecule is Cc1ccc(-c2ccc(OC(=O)C3CCCO3)cc2)cc1. The number of aryl methyl sites for hydroxylation is 1. The standard InChI is InChI=1S/C18H18O3/c1-13-4-6-14(7-5-13)15-8-10-16(11-9-15)21-18(19)17-3-2-12-20-17/h4-11,17H,2-3,12H2,1H3. The van der Waals surface area contributed by atoms with Crippen molar-refractivity contribution in [1.82, 2.24) is 0 Å². The molecule has 0 aliphatic carbocycles. The molecule has 1 aliphatic heterocycles. The van der Waals surface area contributed by atoms with Crippen molar-refractivity contribution >= 4 is 5.97 Å². The Balaban J connectivity index is 1.69. The highest BCUT2D eigenvalue weighted by atomic mass is 16.6. The largest absolute Gasteiger partial charge is 0.425 e. The van der Waals surface area contributed by atoms with E-state index in [9.17, 15) is 4.79 Å². The number of carbonyl (C=O) groups excluding carboxylic acids is 1. The van der Waals surface area contributed by atoms with E-state index in [0.29, 0.717) is 12.4 Å². The van der Waals surface area contributed by atoms with E-state index in [1.54, 1.807) is 0 Å². The summed E-state index contributed by atoms with van der Waals surface area (Å²) in [5.74, 6) is 0.266. The van der Waals surface area contributed by atoms with E-state index in [1.807, 2.05) is 24.3 Å². The van der Waals surface area contributed by atoms with E-state index in [-0.39, 0.29) is 5.97 Å². The van der Waals surface area contributed by atoms with Crippen LogP contribution in [0.3, 0.4) is 0 Å². The van der Waals surface area contributed by atoms with Gasteiger partial charge in [0.2, 0.25) is 0 Å². The first kappa shape index (κ1) is 13.8. The molecule has 3 rings (SSSR count). The average molecular weight is 282 g/mol. The smallest absolute Gasteiger partial charge is 0.340 e. The fourth-order valence-electron chi connectivity index (χ4n) is 2.41. The lowest BCUT2D eigenvalue weighted by Crippen LogP contribution is -2.24. The van der Waals surface area contributed by atoms with Crippen LogP contribution in [0.5, 0.6) is 5.75 Å². The Morgan fingerprint density at radius 3 is 2.24 bits per heavy atom. The van der Waals surface area contributed by atoms with E-state index in [4.69, 9.17) is 9.47 Å². The van der Waals surface area contributed by atoms with Crippen LogP contribution >= 0.6 is 0 Å². The molecule has 0 N–H and O–H groups in total. The summed E-state index contributed by atoms with van der Waals surface area (Å²) in [6, 6.07) is 15.9. The van der Waals surface area contributed by atoms with Crippen molar-refractivity contribution < 1.29 is 14.3 Å². The maximum absolute atomic E-state index is 11.9. The highest BCUT2D eigenvalue weighted by Gasteiger charge is 2.25. The van der Waals surface area contributed by atoms with Gasteiger partial charge in [0.05, 0.1) is 0 Å². The van der Waals surface area contributed by atoms with Crippen LogP contribution in [0.2, 0.25) is 0 Å². The molecule has 0 aromatic heterocycles. The van der Waals surface area contributed by atoms with Crippen LogP contribution in [-0.4, -0.2) is 18.7 Å². The maximum atomic E-state index is 11.9. The molecule has 0 saturated carbocycles. The highest BCUT2D eigenvalue weighted by Crippen LogP contribution is 2.23. The molecule has 0 amide bonds. The Bertz CT molecular complexity index is 608. The van der Waals surface area contributed by atoms with Crippen molar-refractivity contribution in [3.63, 3.8) is 0 Å². The Labute approximate surface area is 124 Å². The molecule has 2 aromatic carbocycles. The van der Waals surface area contributed by atoms with Gasteiger partial charge in [0.15, 0.2) is 6.10 Å². The summed E-state index contributed by atoms with van der Waals surface area (Å²) in [6.07, 6.45) is 1.27. The van der Waals surface area contributed by atoms with Crippen molar-refractivity contribution in [3.05, 3.63) is 54.1 Å². The zero-order chi connectivity index (χ0) is 14.7. The number of esters is 1. The van der Waals surface area contributed by atoms with E-state index in [1.165, 1.54) is 5.56 Å². The molecule has 1 heterocycles. The number of benzene rings is 2. The fourth-order valence-corrected chi connectivity index (χ4v) is 2.41. The van der Waals surface area contributed by atoms with Crippen molar-refractivity contribution in [2.45, 2.75) is 25.9 Å². The molecule has 1 unspecified atom stereocenters. The minimum atomic E-state index is -0.401. The van der Waals surface area contributed by atoms with Crippen LogP contribution in [0.25, 0.3) is 11.1 Å². The number of ether oxygens (including phenoxy) is 2. The van der Waals surface area contributed by atoms with Crippen LogP contribution in [0, 0.1) is 6.92 Å². The molecule has 0 bridgehead atoms. The van der Waals surface area contributed by atoms with Crippen molar-refractivity contribution in [2.24, 2.45) is 0 Å². The van der Waals surface area contributed by atoms with E-state index in [2.05, 4.69) is 31.2 Å². The van der Waals surface area contributed by atoms with Gasteiger partial charge >= 0.3 is 5.97 Å². The summed E-state index contributed by atoms with van der Waals surface area (Å²) in [5.41, 5.74) is 3.49. The summed E-state index contributed by atoms with van der Waals surface area (Å²) in [4.78, 5) is 11.9. The summed E-state index contributed by atoms with van der Waals surface area (Å²) < 4.78 is 10.7. The lowest BCUT2D eigenvalue weighted by molar-refractivity contribution is -0.144. The second kappa shape index (κ2) is 6.10. The van der Waals surface area contributed by atoms with Gasteiger partial charge in [-0.2, -0.15) is 0 Å². The van der Waals surface area contributed by atoms with Crippen molar-refractivity contribution in [1.29, 1.82) is 0 Å². The topological polar surface area (TPSA) is 35.5 Å². The second-order valence-electron chi connectivity index (χ2n) is 5.31. The molecule has 3 nitrogen and oxygen atoms in total. The van der Waals surface area contributed by atoms with Crippen LogP contribution in [0.1, 0.15) is 18.4 Å². The summed E-state index contributed by atoms with van der Waals surface area (Å²) >= 11 is 0. The van der Waals surface area contributed by atoms with Gasteiger partial charge in [-0.25, -0.2) is 4.79 Å². The molecule has 0 radical (unpaired) electrons. The summed E-state index contributed by atoms with van der Waals surface area (Å²) in [5, 5.41) is 0. The highest BCUT2D eigenvalue weighted by molar-refractivity contribution is 5.77. The summed E-state index contributed by atoms with van der Waals surface area (Å²) in [6.45, 7) is 2.71. The molecule has 1 atom stereocenters. The molecule has 1 aliphatic rings. The predicted molar refractivity (Wildman–Crippen MR) is 81.2 cm³/mol. The van der Waals surface area contributed by atoms with Crippen LogP contribution < -0.4 is 4.74 Å². The van der Waals surface area contributed by atoms with Gasteiger partial charge < -0.3 is 9.47 Å². The lowest BCUT2D eigenvalue weighted by Gasteiger charge is -2.10. The second-order valence-corrected chi connectivity index (χ2v) is 5.31. The fraction of sp³-hybridized carbons (Fsp3) is 0.278. The van der Waals surface area contributed by atoms with Crippen molar-refractivity contribution in [2.75, 3.05) is 6.61 Å². The molecule has 1 fully saturated rings. The molecule has 108 valence electrons. The number of rotatable bonds is 3. The predicted octanol–water partition coefficient (Wildman–Crippen LogP) is 3.75. The molecule has 21 heavy (non-hydrogen) atoms. The van der Waals surface area contributed by atoms with Gasteiger partial charge in [-0.1, -0.05) is 42.0 Å². The average Bonchev–Trinajstić information content (AvgIpc) is 3.03. The maximum Gasteiger partial charge on any atom is 0.340 e. The van der Waals surface area contributed by atoms with E-state index < -0.39 is 6.10 Å². The molecule has 0 spiro atoms. The van der Waals surface area contributed by atoms with Gasteiger partial charge in [-0.05, 0) is 43.0 Å². The Morgan fingerprint density at radius 2 is 1.67 bits per heavy atom. The summed E-state index contributed by atoms with van der Waals surface area (Å²) in [7, 11) is 0. The first-order chi connectivity index (χ1) is 10.2. The Kier molecular flexibility index (Phi) is 4.02. The van der Waals surface area contributed by atoms with Gasteiger partial charge in [0.25, 0.3) is 0 Å². The molecule has 3 heteroatoms. The number of hydrogen-bond donors (Lipinski definition) is 0. The Morgan fingerprint density at radius 1 is 1.05 bits per heavy atom. The third-order valence-electron chi connectivity index (χ3n) is 3.65. The van der Waals surface area contributed by atoms with E-state index >= 15 is 0 Å². The van der Waals surface area contributed by atoms with Crippen molar-refractivity contribution in [3.8, 4) is 16.9 Å². The van der Waals surface area contributed by atoms with Crippen LogP contribution in [0.4, 0.5) is 0 Å². The van der Waals surface area contributed by atoms with Crippen LogP contribution in [-0.2, 0) is 9.53 Å². The van der Waals surface area contributed by atoms with Gasteiger partial charge in [0.1, 0.15) is 5.75 Å². The minimum Gasteiger partial charge on any atom is -0.425 e. The quantitative estimate of drug-likeness (QED) is 0.635. The van der Waals surface area contributed by atoms with Crippen LogP contribution in [0.15, 0.2) is 48.5 Å². The number of hydrogen-bond acceptors (Lipinski definition) is 3. The Hall–Kier alpha value is -2.13.